The van der Waals surface area contributed by atoms with Gasteiger partial charge >= 0.3 is 5.97 Å². The zero-order valence-corrected chi connectivity index (χ0v) is 18.3. The van der Waals surface area contributed by atoms with Gasteiger partial charge in [-0.15, -0.1) is 11.8 Å². The van der Waals surface area contributed by atoms with E-state index in [0.29, 0.717) is 18.2 Å². The molecule has 0 aliphatic rings. The molecule has 0 bridgehead atoms. The maximum Gasteiger partial charge on any atom is 0.321 e. The van der Waals surface area contributed by atoms with Crippen LogP contribution in [0.5, 0.6) is 0 Å². The fraction of sp³-hybridized carbons (Fsp3) is 0.269. The highest BCUT2D eigenvalue weighted by molar-refractivity contribution is 8.00. The standard InChI is InChI=1S/C26H29NO2S/c1-20(2)18-27-24(25(28)29)19-30-26(21-12-6-3-7-13-21,22-14-8-4-9-15-22)23-16-10-5-11-17-23/h3-17,20,24,27H,18-19H2,1-2H3,(H,28,29)/t24-/m0/s1. The van der Waals surface area contributed by atoms with Crippen molar-refractivity contribution < 1.29 is 9.90 Å². The van der Waals surface area contributed by atoms with Gasteiger partial charge in [0.15, 0.2) is 0 Å². The number of carbonyl (C=O) groups is 1. The second-order valence-electron chi connectivity index (χ2n) is 7.78. The number of hydrogen-bond donors (Lipinski definition) is 2. The highest BCUT2D eigenvalue weighted by Gasteiger charge is 2.38. The Morgan fingerprint density at radius 1 is 0.833 bits per heavy atom. The summed E-state index contributed by atoms with van der Waals surface area (Å²) in [6, 6.07) is 30.5. The van der Waals surface area contributed by atoms with E-state index in [2.05, 4.69) is 55.6 Å². The molecule has 4 heteroatoms. The molecule has 3 aromatic rings. The molecule has 0 saturated heterocycles. The maximum atomic E-state index is 12.0. The second-order valence-corrected chi connectivity index (χ2v) is 9.02. The topological polar surface area (TPSA) is 49.3 Å². The quantitative estimate of drug-likeness (QED) is 0.431. The SMILES string of the molecule is CC(C)CN[C@@H](CSC(c1ccccc1)(c1ccccc1)c1ccccc1)C(=O)O. The minimum Gasteiger partial charge on any atom is -0.480 e. The molecule has 0 saturated carbocycles. The van der Waals surface area contributed by atoms with Crippen LogP contribution in [0.3, 0.4) is 0 Å². The Morgan fingerprint density at radius 3 is 1.57 bits per heavy atom. The molecule has 0 aromatic heterocycles. The summed E-state index contributed by atoms with van der Waals surface area (Å²) in [6.07, 6.45) is 0. The van der Waals surface area contributed by atoms with E-state index in [-0.39, 0.29) is 0 Å². The number of benzene rings is 3. The van der Waals surface area contributed by atoms with Crippen LogP contribution < -0.4 is 5.32 Å². The number of aliphatic carboxylic acids is 1. The van der Waals surface area contributed by atoms with Crippen LogP contribution in [-0.4, -0.2) is 29.4 Å². The molecule has 3 rings (SSSR count). The number of rotatable bonds is 10. The van der Waals surface area contributed by atoms with Gasteiger partial charge in [0, 0.05) is 5.75 Å². The third-order valence-corrected chi connectivity index (χ3v) is 6.72. The van der Waals surface area contributed by atoms with Crippen molar-refractivity contribution in [1.82, 2.24) is 5.32 Å². The van der Waals surface area contributed by atoms with Crippen LogP contribution in [0.25, 0.3) is 0 Å². The van der Waals surface area contributed by atoms with Crippen LogP contribution in [-0.2, 0) is 9.54 Å². The fourth-order valence-electron chi connectivity index (χ4n) is 3.57. The van der Waals surface area contributed by atoms with E-state index >= 15 is 0 Å². The Morgan fingerprint density at radius 2 is 1.23 bits per heavy atom. The molecule has 0 aliphatic heterocycles. The molecule has 0 amide bonds. The van der Waals surface area contributed by atoms with Gasteiger partial charge < -0.3 is 10.4 Å². The monoisotopic (exact) mass is 419 g/mol. The van der Waals surface area contributed by atoms with Gasteiger partial charge in [0.25, 0.3) is 0 Å². The highest BCUT2D eigenvalue weighted by Crippen LogP contribution is 2.48. The lowest BCUT2D eigenvalue weighted by Crippen LogP contribution is -2.42. The number of carboxylic acid groups (broad SMARTS) is 1. The van der Waals surface area contributed by atoms with Gasteiger partial charge in [0.2, 0.25) is 0 Å². The highest BCUT2D eigenvalue weighted by atomic mass is 32.2. The van der Waals surface area contributed by atoms with Crippen molar-refractivity contribution in [3.8, 4) is 0 Å². The summed E-state index contributed by atoms with van der Waals surface area (Å²) in [5.41, 5.74) is 3.42. The van der Waals surface area contributed by atoms with Gasteiger partial charge in [-0.1, -0.05) is 105 Å². The molecule has 0 radical (unpaired) electrons. The Balaban J connectivity index is 2.08. The number of thioether (sulfide) groups is 1. The lowest BCUT2D eigenvalue weighted by atomic mass is 9.84. The summed E-state index contributed by atoms with van der Waals surface area (Å²) in [7, 11) is 0. The van der Waals surface area contributed by atoms with E-state index in [4.69, 9.17) is 0 Å². The van der Waals surface area contributed by atoms with Crippen molar-refractivity contribution >= 4 is 17.7 Å². The first-order valence-electron chi connectivity index (χ1n) is 10.3. The van der Waals surface area contributed by atoms with E-state index in [1.807, 2.05) is 54.6 Å². The Bertz CT molecular complexity index is 817. The zero-order chi connectivity index (χ0) is 21.4. The molecule has 30 heavy (non-hydrogen) atoms. The minimum absolute atomic E-state index is 0.388. The van der Waals surface area contributed by atoms with Crippen molar-refractivity contribution in [3.05, 3.63) is 108 Å². The molecule has 2 N–H and O–H groups in total. The lowest BCUT2D eigenvalue weighted by Gasteiger charge is -2.36. The number of hydrogen-bond acceptors (Lipinski definition) is 3. The zero-order valence-electron chi connectivity index (χ0n) is 17.5. The van der Waals surface area contributed by atoms with E-state index < -0.39 is 16.8 Å². The summed E-state index contributed by atoms with van der Waals surface area (Å²) >= 11 is 1.67. The van der Waals surface area contributed by atoms with Gasteiger partial charge in [-0.3, -0.25) is 4.79 Å². The largest absolute Gasteiger partial charge is 0.480 e. The molecule has 0 fully saturated rings. The van der Waals surface area contributed by atoms with Crippen molar-refractivity contribution in [2.45, 2.75) is 24.6 Å². The smallest absolute Gasteiger partial charge is 0.321 e. The first-order chi connectivity index (χ1) is 14.5. The number of nitrogens with one attached hydrogen (secondary N) is 1. The normalized spacial score (nSPS) is 12.6. The Labute approximate surface area is 183 Å². The van der Waals surface area contributed by atoms with Crippen LogP contribution in [0, 0.1) is 5.92 Å². The molecule has 0 spiro atoms. The molecule has 3 nitrogen and oxygen atoms in total. The van der Waals surface area contributed by atoms with E-state index in [9.17, 15) is 9.90 Å². The predicted octanol–water partition coefficient (Wildman–Crippen LogP) is 5.41. The number of carboxylic acids is 1. The molecular formula is C26H29NO2S. The van der Waals surface area contributed by atoms with Gasteiger partial charge in [0.1, 0.15) is 6.04 Å². The van der Waals surface area contributed by atoms with Crippen LogP contribution in [0.4, 0.5) is 0 Å². The van der Waals surface area contributed by atoms with Crippen molar-refractivity contribution in [2.75, 3.05) is 12.3 Å². The molecular weight excluding hydrogens is 390 g/mol. The van der Waals surface area contributed by atoms with Gasteiger partial charge in [-0.2, -0.15) is 0 Å². The van der Waals surface area contributed by atoms with Gasteiger partial charge in [-0.05, 0) is 29.2 Å². The summed E-state index contributed by atoms with van der Waals surface area (Å²) in [6.45, 7) is 4.84. The van der Waals surface area contributed by atoms with E-state index in [0.717, 1.165) is 16.7 Å². The average Bonchev–Trinajstić information content (AvgIpc) is 2.78. The lowest BCUT2D eigenvalue weighted by molar-refractivity contribution is -0.138. The maximum absolute atomic E-state index is 12.0. The first kappa shape index (κ1) is 22.1. The van der Waals surface area contributed by atoms with Crippen LogP contribution >= 0.6 is 11.8 Å². The summed E-state index contributed by atoms with van der Waals surface area (Å²) < 4.78 is -0.503. The summed E-state index contributed by atoms with van der Waals surface area (Å²) in [5, 5.41) is 13.0. The first-order valence-corrected chi connectivity index (χ1v) is 11.3. The van der Waals surface area contributed by atoms with Crippen molar-refractivity contribution in [3.63, 3.8) is 0 Å². The molecule has 3 aromatic carbocycles. The predicted molar refractivity (Wildman–Crippen MR) is 126 cm³/mol. The summed E-state index contributed by atoms with van der Waals surface area (Å²) in [5.74, 6) is 0.0194. The van der Waals surface area contributed by atoms with Crippen LogP contribution in [0.15, 0.2) is 91.0 Å². The van der Waals surface area contributed by atoms with Gasteiger partial charge in [0.05, 0.1) is 4.75 Å². The fourth-order valence-corrected chi connectivity index (χ4v) is 5.16. The third-order valence-electron chi connectivity index (χ3n) is 5.08. The van der Waals surface area contributed by atoms with Crippen molar-refractivity contribution in [1.29, 1.82) is 0 Å². The average molecular weight is 420 g/mol. The molecule has 1 atom stereocenters. The Hall–Kier alpha value is -2.56. The van der Waals surface area contributed by atoms with E-state index in [1.165, 1.54) is 0 Å². The molecule has 0 unspecified atom stereocenters. The molecule has 156 valence electrons. The molecule has 0 aliphatic carbocycles. The van der Waals surface area contributed by atoms with Crippen LogP contribution in [0.2, 0.25) is 0 Å². The van der Waals surface area contributed by atoms with Crippen molar-refractivity contribution in [2.24, 2.45) is 5.92 Å². The Kier molecular flexibility index (Phi) is 7.72. The minimum atomic E-state index is -0.814. The van der Waals surface area contributed by atoms with Gasteiger partial charge in [-0.25, -0.2) is 0 Å². The summed E-state index contributed by atoms with van der Waals surface area (Å²) in [4.78, 5) is 12.0. The van der Waals surface area contributed by atoms with E-state index in [1.54, 1.807) is 11.8 Å². The second kappa shape index (κ2) is 10.5. The third kappa shape index (κ3) is 5.13. The van der Waals surface area contributed by atoms with Crippen LogP contribution in [0.1, 0.15) is 30.5 Å². The molecule has 0 heterocycles.